The van der Waals surface area contributed by atoms with E-state index in [0.717, 1.165) is 40.8 Å². The fraction of sp³-hybridized carbons (Fsp3) is 0.318. The summed E-state index contributed by atoms with van der Waals surface area (Å²) in [4.78, 5) is 4.61. The Morgan fingerprint density at radius 2 is 1.56 bits per heavy atom. The van der Waals surface area contributed by atoms with Crippen LogP contribution in [-0.4, -0.2) is 19.2 Å². The maximum Gasteiger partial charge on any atom is 0.161 e. The second-order valence-corrected chi connectivity index (χ2v) is 6.28. The molecule has 0 saturated heterocycles. The van der Waals surface area contributed by atoms with E-state index in [9.17, 15) is 0 Å². The molecule has 0 aliphatic heterocycles. The molecule has 0 aliphatic carbocycles. The molecule has 0 amide bonds. The van der Waals surface area contributed by atoms with Crippen molar-refractivity contribution >= 4 is 10.8 Å². The summed E-state index contributed by atoms with van der Waals surface area (Å²) in [5.41, 5.74) is 3.73. The van der Waals surface area contributed by atoms with Gasteiger partial charge in [-0.05, 0) is 47.6 Å². The predicted molar refractivity (Wildman–Crippen MR) is 103 cm³/mol. The number of fused-ring (bicyclic) bond motifs is 1. The van der Waals surface area contributed by atoms with Crippen LogP contribution in [0.4, 0.5) is 0 Å². The minimum absolute atomic E-state index is 0.735. The lowest BCUT2D eigenvalue weighted by atomic mass is 10.0. The summed E-state index contributed by atoms with van der Waals surface area (Å²) in [6.07, 6.45) is 6.29. The Balaban J connectivity index is 1.90. The van der Waals surface area contributed by atoms with Crippen LogP contribution in [0.1, 0.15) is 36.6 Å². The molecule has 3 rings (SSSR count). The minimum Gasteiger partial charge on any atom is -0.493 e. The van der Waals surface area contributed by atoms with Gasteiger partial charge in [0.15, 0.2) is 11.5 Å². The van der Waals surface area contributed by atoms with Gasteiger partial charge >= 0.3 is 0 Å². The quantitative estimate of drug-likeness (QED) is 0.596. The molecule has 1 aromatic heterocycles. The Bertz CT molecular complexity index is 841. The van der Waals surface area contributed by atoms with Gasteiger partial charge in [0.25, 0.3) is 0 Å². The Kier molecular flexibility index (Phi) is 5.54. The van der Waals surface area contributed by atoms with Crippen LogP contribution in [0.25, 0.3) is 10.8 Å². The van der Waals surface area contributed by atoms with Gasteiger partial charge in [-0.1, -0.05) is 37.6 Å². The number of unbranched alkanes of at least 4 members (excludes halogenated alkanes) is 1. The maximum atomic E-state index is 5.45. The van der Waals surface area contributed by atoms with Crippen molar-refractivity contribution in [3.63, 3.8) is 0 Å². The number of nitrogens with zero attached hydrogens (tertiary/aromatic N) is 1. The highest BCUT2D eigenvalue weighted by Gasteiger charge is 2.10. The van der Waals surface area contributed by atoms with E-state index < -0.39 is 0 Å². The number of aromatic nitrogens is 1. The Hall–Kier alpha value is -2.55. The Morgan fingerprint density at radius 3 is 2.24 bits per heavy atom. The van der Waals surface area contributed by atoms with Crippen LogP contribution in [0, 0.1) is 0 Å². The molecule has 0 radical (unpaired) electrons. The van der Waals surface area contributed by atoms with Crippen molar-refractivity contribution in [1.82, 2.24) is 4.98 Å². The maximum absolute atomic E-state index is 5.45. The van der Waals surface area contributed by atoms with Gasteiger partial charge in [0.2, 0.25) is 0 Å². The Morgan fingerprint density at radius 1 is 0.880 bits per heavy atom. The van der Waals surface area contributed by atoms with Crippen molar-refractivity contribution in [2.75, 3.05) is 14.2 Å². The third-order valence-corrected chi connectivity index (χ3v) is 4.56. The summed E-state index contributed by atoms with van der Waals surface area (Å²) in [6.45, 7) is 2.23. The molecule has 0 atom stereocenters. The molecule has 1 heterocycles. The highest BCUT2D eigenvalue weighted by molar-refractivity contribution is 5.88. The van der Waals surface area contributed by atoms with Crippen molar-refractivity contribution in [3.05, 3.63) is 65.5 Å². The van der Waals surface area contributed by atoms with Crippen molar-refractivity contribution in [3.8, 4) is 11.5 Å². The smallest absolute Gasteiger partial charge is 0.161 e. The number of benzene rings is 2. The standard InChI is InChI=1S/C22H25NO2/c1-4-5-6-16-7-9-17(10-8-16)13-20-19-15-22(25-3)21(24-2)14-18(19)11-12-23-20/h7-12,14-15H,4-6,13H2,1-3H3. The van der Waals surface area contributed by atoms with Gasteiger partial charge in [0.05, 0.1) is 19.9 Å². The molecule has 0 fully saturated rings. The topological polar surface area (TPSA) is 31.4 Å². The van der Waals surface area contributed by atoms with Crippen molar-refractivity contribution in [1.29, 1.82) is 0 Å². The number of hydrogen-bond donors (Lipinski definition) is 0. The van der Waals surface area contributed by atoms with E-state index in [1.807, 2.05) is 24.4 Å². The third kappa shape index (κ3) is 3.93. The normalized spacial score (nSPS) is 10.8. The third-order valence-electron chi connectivity index (χ3n) is 4.56. The monoisotopic (exact) mass is 335 g/mol. The number of pyridine rings is 1. The number of rotatable bonds is 7. The summed E-state index contributed by atoms with van der Waals surface area (Å²) >= 11 is 0. The fourth-order valence-electron chi connectivity index (χ4n) is 3.10. The molecule has 3 aromatic rings. The molecule has 0 bridgehead atoms. The van der Waals surface area contributed by atoms with E-state index >= 15 is 0 Å². The summed E-state index contributed by atoms with van der Waals surface area (Å²) in [5, 5.41) is 2.22. The van der Waals surface area contributed by atoms with E-state index in [4.69, 9.17) is 9.47 Å². The van der Waals surface area contributed by atoms with Gasteiger partial charge in [-0.15, -0.1) is 0 Å². The average Bonchev–Trinajstić information content (AvgIpc) is 2.66. The van der Waals surface area contributed by atoms with Gasteiger partial charge in [0.1, 0.15) is 0 Å². The molecular weight excluding hydrogens is 310 g/mol. The zero-order valence-corrected chi connectivity index (χ0v) is 15.2. The summed E-state index contributed by atoms with van der Waals surface area (Å²) in [6, 6.07) is 14.9. The first kappa shape index (κ1) is 17.3. The van der Waals surface area contributed by atoms with Gasteiger partial charge in [-0.3, -0.25) is 4.98 Å². The van der Waals surface area contributed by atoms with Crippen molar-refractivity contribution in [2.24, 2.45) is 0 Å². The molecule has 3 nitrogen and oxygen atoms in total. The molecule has 0 unspecified atom stereocenters. The lowest BCUT2D eigenvalue weighted by Crippen LogP contribution is -1.96. The molecule has 0 saturated carbocycles. The number of methoxy groups -OCH3 is 2. The van der Waals surface area contributed by atoms with Crippen LogP contribution in [0.5, 0.6) is 11.5 Å². The van der Waals surface area contributed by atoms with Crippen LogP contribution in [0.2, 0.25) is 0 Å². The molecular formula is C22H25NO2. The second kappa shape index (κ2) is 8.02. The number of aryl methyl sites for hydroxylation is 1. The highest BCUT2D eigenvalue weighted by atomic mass is 16.5. The lowest BCUT2D eigenvalue weighted by molar-refractivity contribution is 0.356. The lowest BCUT2D eigenvalue weighted by Gasteiger charge is -2.12. The molecule has 3 heteroatoms. The van der Waals surface area contributed by atoms with Crippen LogP contribution in [0.3, 0.4) is 0 Å². The molecule has 0 spiro atoms. The fourth-order valence-corrected chi connectivity index (χ4v) is 3.10. The predicted octanol–water partition coefficient (Wildman–Crippen LogP) is 5.19. The number of hydrogen-bond acceptors (Lipinski definition) is 3. The summed E-state index contributed by atoms with van der Waals surface area (Å²) < 4.78 is 10.9. The van der Waals surface area contributed by atoms with Crippen LogP contribution in [0.15, 0.2) is 48.7 Å². The molecule has 25 heavy (non-hydrogen) atoms. The largest absolute Gasteiger partial charge is 0.493 e. The van der Waals surface area contributed by atoms with Crippen LogP contribution >= 0.6 is 0 Å². The summed E-state index contributed by atoms with van der Waals surface area (Å²) in [5.74, 6) is 1.48. The van der Waals surface area contributed by atoms with Gasteiger partial charge in [0, 0.05) is 18.0 Å². The van der Waals surface area contributed by atoms with Crippen LogP contribution in [-0.2, 0) is 12.8 Å². The zero-order chi connectivity index (χ0) is 17.6. The van der Waals surface area contributed by atoms with E-state index in [-0.39, 0.29) is 0 Å². The summed E-state index contributed by atoms with van der Waals surface area (Å²) in [7, 11) is 3.32. The Labute approximate surface area is 149 Å². The zero-order valence-electron chi connectivity index (χ0n) is 15.2. The molecule has 130 valence electrons. The van der Waals surface area contributed by atoms with E-state index in [1.54, 1.807) is 14.2 Å². The number of ether oxygens (including phenoxy) is 2. The SMILES string of the molecule is CCCCc1ccc(Cc2nccc3cc(OC)c(OC)cc23)cc1. The minimum atomic E-state index is 0.735. The van der Waals surface area contributed by atoms with E-state index in [1.165, 1.54) is 24.0 Å². The van der Waals surface area contributed by atoms with Crippen LogP contribution < -0.4 is 9.47 Å². The van der Waals surface area contributed by atoms with E-state index in [0.29, 0.717) is 0 Å². The van der Waals surface area contributed by atoms with Gasteiger partial charge in [-0.2, -0.15) is 0 Å². The van der Waals surface area contributed by atoms with Crippen molar-refractivity contribution < 1.29 is 9.47 Å². The molecule has 2 aromatic carbocycles. The van der Waals surface area contributed by atoms with Crippen molar-refractivity contribution in [2.45, 2.75) is 32.6 Å². The van der Waals surface area contributed by atoms with Gasteiger partial charge < -0.3 is 9.47 Å². The van der Waals surface area contributed by atoms with Gasteiger partial charge in [-0.25, -0.2) is 0 Å². The second-order valence-electron chi connectivity index (χ2n) is 6.28. The first-order chi connectivity index (χ1) is 12.2. The van der Waals surface area contributed by atoms with E-state index in [2.05, 4.69) is 36.2 Å². The molecule has 0 N–H and O–H groups in total. The first-order valence-electron chi connectivity index (χ1n) is 8.82. The first-order valence-corrected chi connectivity index (χ1v) is 8.82. The highest BCUT2D eigenvalue weighted by Crippen LogP contribution is 2.33. The molecule has 0 aliphatic rings. The average molecular weight is 335 g/mol.